The Kier molecular flexibility index (Phi) is 5.26. The summed E-state index contributed by atoms with van der Waals surface area (Å²) in [6.45, 7) is 0. The predicted molar refractivity (Wildman–Crippen MR) is 95.3 cm³/mol. The molecule has 0 spiro atoms. The van der Waals surface area contributed by atoms with Gasteiger partial charge < -0.3 is 4.52 Å². The fourth-order valence-corrected chi connectivity index (χ4v) is 3.46. The van der Waals surface area contributed by atoms with Crippen LogP contribution in [0.3, 0.4) is 0 Å². The smallest absolute Gasteiger partial charge is 0.329 e. The van der Waals surface area contributed by atoms with E-state index in [9.17, 15) is 22.2 Å². The molecule has 0 saturated heterocycles. The van der Waals surface area contributed by atoms with Gasteiger partial charge in [0.15, 0.2) is 0 Å². The number of carbonyl (C=O) groups is 1. The monoisotopic (exact) mass is 429 g/mol. The zero-order valence-corrected chi connectivity index (χ0v) is 15.7. The zero-order valence-electron chi connectivity index (χ0n) is 14.1. The van der Waals surface area contributed by atoms with Crippen molar-refractivity contribution in [3.63, 3.8) is 0 Å². The SMILES string of the molecule is CS(=O)(=NC(=O)c1ccc(-c2noc(C(F)(F)F)n2)cc1)c1ccc(Cl)cc1. The molecule has 0 aliphatic carbocycles. The molecule has 3 rings (SSSR count). The normalized spacial score (nSPS) is 13.8. The minimum atomic E-state index is -4.75. The van der Waals surface area contributed by atoms with Crippen LogP contribution >= 0.6 is 11.6 Å². The Morgan fingerprint density at radius 1 is 1.11 bits per heavy atom. The Bertz CT molecular complexity index is 1130. The Labute approximate surface area is 162 Å². The highest BCUT2D eigenvalue weighted by atomic mass is 35.5. The van der Waals surface area contributed by atoms with Crippen LogP contribution in [0.15, 0.2) is 62.3 Å². The van der Waals surface area contributed by atoms with Crippen molar-refractivity contribution >= 4 is 27.2 Å². The van der Waals surface area contributed by atoms with E-state index < -0.39 is 27.7 Å². The van der Waals surface area contributed by atoms with Crippen molar-refractivity contribution in [2.45, 2.75) is 11.1 Å². The Morgan fingerprint density at radius 3 is 2.25 bits per heavy atom. The Balaban J connectivity index is 1.85. The summed E-state index contributed by atoms with van der Waals surface area (Å²) in [6, 6.07) is 11.4. The van der Waals surface area contributed by atoms with Crippen LogP contribution in [-0.4, -0.2) is 26.5 Å². The topological polar surface area (TPSA) is 85.4 Å². The molecule has 11 heteroatoms. The van der Waals surface area contributed by atoms with Crippen molar-refractivity contribution in [3.05, 3.63) is 65.0 Å². The molecule has 1 atom stereocenters. The average Bonchev–Trinajstić information content (AvgIpc) is 3.12. The predicted octanol–water partition coefficient (Wildman–Crippen LogP) is 4.71. The number of amides is 1. The van der Waals surface area contributed by atoms with Gasteiger partial charge in [0.25, 0.3) is 5.91 Å². The first-order valence-electron chi connectivity index (χ1n) is 7.60. The second-order valence-corrected chi connectivity index (χ2v) is 8.35. The van der Waals surface area contributed by atoms with E-state index in [0.29, 0.717) is 9.92 Å². The minimum Gasteiger partial charge on any atom is -0.329 e. The van der Waals surface area contributed by atoms with E-state index in [1.54, 1.807) is 0 Å². The molecule has 1 heterocycles. The highest BCUT2D eigenvalue weighted by molar-refractivity contribution is 7.93. The molecule has 0 fully saturated rings. The third-order valence-corrected chi connectivity index (χ3v) is 5.48. The lowest BCUT2D eigenvalue weighted by atomic mass is 10.1. The maximum absolute atomic E-state index is 12.7. The van der Waals surface area contributed by atoms with E-state index >= 15 is 0 Å². The van der Waals surface area contributed by atoms with E-state index in [2.05, 4.69) is 19.0 Å². The number of benzene rings is 2. The molecule has 1 unspecified atom stereocenters. The lowest BCUT2D eigenvalue weighted by molar-refractivity contribution is -0.159. The van der Waals surface area contributed by atoms with Crippen molar-refractivity contribution in [1.82, 2.24) is 10.1 Å². The Hall–Kier alpha value is -2.72. The zero-order chi connectivity index (χ0) is 20.5. The molecule has 1 aromatic heterocycles. The van der Waals surface area contributed by atoms with Gasteiger partial charge in [0.05, 0.1) is 9.73 Å². The van der Waals surface area contributed by atoms with Gasteiger partial charge in [-0.2, -0.15) is 22.5 Å². The fourth-order valence-electron chi connectivity index (χ4n) is 2.17. The van der Waals surface area contributed by atoms with E-state index in [4.69, 9.17) is 11.6 Å². The molecule has 28 heavy (non-hydrogen) atoms. The molecule has 0 aliphatic heterocycles. The second kappa shape index (κ2) is 7.36. The summed E-state index contributed by atoms with van der Waals surface area (Å²) < 4.78 is 58.2. The molecule has 0 N–H and O–H groups in total. The summed E-state index contributed by atoms with van der Waals surface area (Å²) in [7, 11) is -3.00. The van der Waals surface area contributed by atoms with Crippen LogP contribution in [-0.2, 0) is 15.9 Å². The van der Waals surface area contributed by atoms with Gasteiger partial charge in [-0.3, -0.25) is 4.79 Å². The van der Waals surface area contributed by atoms with Crippen molar-refractivity contribution in [2.24, 2.45) is 4.36 Å². The summed E-state index contributed by atoms with van der Waals surface area (Å²) in [6.07, 6.45) is -3.43. The molecule has 1 amide bonds. The highest BCUT2D eigenvalue weighted by Gasteiger charge is 2.38. The van der Waals surface area contributed by atoms with Crippen LogP contribution in [0.1, 0.15) is 16.2 Å². The third-order valence-electron chi connectivity index (χ3n) is 3.57. The van der Waals surface area contributed by atoms with Gasteiger partial charge in [-0.15, -0.1) is 0 Å². The molecule has 0 aliphatic rings. The van der Waals surface area contributed by atoms with Crippen LogP contribution in [0.4, 0.5) is 13.2 Å². The van der Waals surface area contributed by atoms with Gasteiger partial charge in [0, 0.05) is 27.3 Å². The number of nitrogens with zero attached hydrogens (tertiary/aromatic N) is 3. The summed E-state index contributed by atoms with van der Waals surface area (Å²) in [4.78, 5) is 15.9. The van der Waals surface area contributed by atoms with Crippen molar-refractivity contribution in [3.8, 4) is 11.4 Å². The summed E-state index contributed by atoms with van der Waals surface area (Å²) >= 11 is 5.79. The standard InChI is InChI=1S/C17H11ClF3N3O3S/c1-28(26,13-8-6-12(18)7-9-13)24-15(25)11-4-2-10(3-5-11)14-22-16(27-23-14)17(19,20)21/h2-9H,1H3. The molecular weight excluding hydrogens is 419 g/mol. The van der Waals surface area contributed by atoms with E-state index in [1.165, 1.54) is 54.8 Å². The number of hydrogen-bond donors (Lipinski definition) is 0. The lowest BCUT2D eigenvalue weighted by Crippen LogP contribution is -2.05. The number of halogens is 4. The van der Waals surface area contributed by atoms with Gasteiger partial charge in [0.1, 0.15) is 0 Å². The Morgan fingerprint density at radius 2 is 1.71 bits per heavy atom. The largest absolute Gasteiger partial charge is 0.471 e. The molecule has 2 aromatic carbocycles. The number of hydrogen-bond acceptors (Lipinski definition) is 5. The van der Waals surface area contributed by atoms with Crippen LogP contribution < -0.4 is 0 Å². The first-order chi connectivity index (χ1) is 13.1. The molecule has 146 valence electrons. The molecule has 0 saturated carbocycles. The summed E-state index contributed by atoms with van der Waals surface area (Å²) in [5, 5.41) is 3.72. The molecule has 6 nitrogen and oxygen atoms in total. The number of rotatable bonds is 3. The maximum Gasteiger partial charge on any atom is 0.471 e. The van der Waals surface area contributed by atoms with Gasteiger partial charge in [-0.05, 0) is 36.4 Å². The first kappa shape index (κ1) is 20.0. The van der Waals surface area contributed by atoms with Gasteiger partial charge >= 0.3 is 12.1 Å². The summed E-state index contributed by atoms with van der Waals surface area (Å²) in [5.74, 6) is -2.48. The van der Waals surface area contributed by atoms with Gasteiger partial charge in [-0.25, -0.2) is 4.21 Å². The maximum atomic E-state index is 12.7. The van der Waals surface area contributed by atoms with E-state index in [0.717, 1.165) is 0 Å². The first-order valence-corrected chi connectivity index (χ1v) is 9.90. The van der Waals surface area contributed by atoms with Crippen LogP contribution in [0.2, 0.25) is 5.02 Å². The van der Waals surface area contributed by atoms with E-state index in [-0.39, 0.29) is 17.0 Å². The van der Waals surface area contributed by atoms with Crippen LogP contribution in [0, 0.1) is 0 Å². The van der Waals surface area contributed by atoms with Crippen molar-refractivity contribution < 1.29 is 26.7 Å². The number of aromatic nitrogens is 2. The van der Waals surface area contributed by atoms with E-state index in [1.807, 2.05) is 0 Å². The third kappa shape index (κ3) is 4.39. The summed E-state index contributed by atoms with van der Waals surface area (Å²) in [5.41, 5.74) is 0.317. The molecule has 0 bridgehead atoms. The number of carbonyl (C=O) groups excluding carboxylic acids is 1. The lowest BCUT2D eigenvalue weighted by Gasteiger charge is -2.04. The van der Waals surface area contributed by atoms with Crippen LogP contribution in [0.5, 0.6) is 0 Å². The molecular formula is C17H11ClF3N3O3S. The van der Waals surface area contributed by atoms with Crippen molar-refractivity contribution in [1.29, 1.82) is 0 Å². The second-order valence-electron chi connectivity index (χ2n) is 5.65. The average molecular weight is 430 g/mol. The molecule has 3 aromatic rings. The van der Waals surface area contributed by atoms with Gasteiger partial charge in [-0.1, -0.05) is 28.9 Å². The number of alkyl halides is 3. The quantitative estimate of drug-likeness (QED) is 0.602. The van der Waals surface area contributed by atoms with Crippen molar-refractivity contribution in [2.75, 3.05) is 6.26 Å². The fraction of sp³-hybridized carbons (Fsp3) is 0.118. The highest BCUT2D eigenvalue weighted by Crippen LogP contribution is 2.29. The van der Waals surface area contributed by atoms with Crippen LogP contribution in [0.25, 0.3) is 11.4 Å². The minimum absolute atomic E-state index is 0.104. The molecule has 0 radical (unpaired) electrons. The van der Waals surface area contributed by atoms with Gasteiger partial charge in [0.2, 0.25) is 5.82 Å².